The molecule has 4 heteroatoms. The van der Waals surface area contributed by atoms with Crippen LogP contribution in [0.15, 0.2) is 12.3 Å². The summed E-state index contributed by atoms with van der Waals surface area (Å²) in [6.45, 7) is 1.84. The zero-order valence-corrected chi connectivity index (χ0v) is 6.65. The second kappa shape index (κ2) is 2.58. The van der Waals surface area contributed by atoms with Crippen LogP contribution in [0.2, 0.25) is 5.15 Å². The van der Waals surface area contributed by atoms with E-state index >= 15 is 0 Å². The van der Waals surface area contributed by atoms with E-state index < -0.39 is 0 Å². The highest BCUT2D eigenvalue weighted by molar-refractivity contribution is 6.32. The van der Waals surface area contributed by atoms with Gasteiger partial charge in [-0.05, 0) is 6.07 Å². The minimum atomic E-state index is 0.537. The fourth-order valence-electron chi connectivity index (χ4n) is 1.14. The Balaban J connectivity index is 2.49. The summed E-state index contributed by atoms with van der Waals surface area (Å²) in [6.07, 6.45) is 1.70. The van der Waals surface area contributed by atoms with E-state index in [1.807, 2.05) is 6.07 Å². The molecule has 2 heterocycles. The van der Waals surface area contributed by atoms with Crippen LogP contribution in [0.5, 0.6) is 0 Å². The third-order valence-corrected chi connectivity index (χ3v) is 1.93. The lowest BCUT2D eigenvalue weighted by atomic mass is 10.3. The van der Waals surface area contributed by atoms with Crippen molar-refractivity contribution in [3.05, 3.63) is 17.4 Å². The minimum Gasteiger partial charge on any atom is -0.381 e. The summed E-state index contributed by atoms with van der Waals surface area (Å²) in [6, 6.07) is 1.91. The van der Waals surface area contributed by atoms with Gasteiger partial charge in [0.25, 0.3) is 0 Å². The average Bonchev–Trinajstić information content (AvgIpc) is 2.06. The van der Waals surface area contributed by atoms with Crippen molar-refractivity contribution in [2.75, 3.05) is 23.7 Å². The Hall–Kier alpha value is -0.960. The van der Waals surface area contributed by atoms with Crippen LogP contribution in [-0.4, -0.2) is 18.1 Å². The maximum Gasteiger partial charge on any atom is 0.154 e. The van der Waals surface area contributed by atoms with Crippen LogP contribution < -0.4 is 10.6 Å². The van der Waals surface area contributed by atoms with Crippen LogP contribution in [0.4, 0.5) is 11.4 Å². The molecule has 0 unspecified atom stereocenters. The maximum atomic E-state index is 5.83. The Morgan fingerprint density at radius 3 is 3.00 bits per heavy atom. The molecule has 0 atom stereocenters. The standard InChI is InChI=1S/C7H8ClN3/c8-7-6-5(1-2-11-7)9-3-4-10-6/h1-2,9-10H,3-4H2. The zero-order valence-electron chi connectivity index (χ0n) is 5.89. The van der Waals surface area contributed by atoms with Crippen molar-refractivity contribution in [2.45, 2.75) is 0 Å². The highest BCUT2D eigenvalue weighted by Gasteiger charge is 2.10. The number of rotatable bonds is 0. The van der Waals surface area contributed by atoms with Crippen molar-refractivity contribution in [2.24, 2.45) is 0 Å². The largest absolute Gasteiger partial charge is 0.381 e. The molecule has 1 aromatic heterocycles. The van der Waals surface area contributed by atoms with Crippen LogP contribution >= 0.6 is 11.6 Å². The molecule has 0 fully saturated rings. The van der Waals surface area contributed by atoms with E-state index in [2.05, 4.69) is 15.6 Å². The van der Waals surface area contributed by atoms with Gasteiger partial charge in [-0.15, -0.1) is 0 Å². The van der Waals surface area contributed by atoms with Crippen LogP contribution in [0.1, 0.15) is 0 Å². The van der Waals surface area contributed by atoms with Crippen molar-refractivity contribution >= 4 is 23.0 Å². The molecule has 0 saturated heterocycles. The van der Waals surface area contributed by atoms with Gasteiger partial charge in [0, 0.05) is 19.3 Å². The summed E-state index contributed by atoms with van der Waals surface area (Å²) in [7, 11) is 0. The first kappa shape index (κ1) is 6.73. The van der Waals surface area contributed by atoms with Gasteiger partial charge in [-0.1, -0.05) is 11.6 Å². The minimum absolute atomic E-state index is 0.537. The van der Waals surface area contributed by atoms with Crippen LogP contribution in [0.3, 0.4) is 0 Å². The topological polar surface area (TPSA) is 37.0 Å². The smallest absolute Gasteiger partial charge is 0.154 e. The van der Waals surface area contributed by atoms with Crippen LogP contribution in [0.25, 0.3) is 0 Å². The normalized spacial score (nSPS) is 14.6. The maximum absolute atomic E-state index is 5.83. The predicted molar refractivity (Wildman–Crippen MR) is 46.2 cm³/mol. The summed E-state index contributed by atoms with van der Waals surface area (Å²) < 4.78 is 0. The summed E-state index contributed by atoms with van der Waals surface area (Å²) in [4.78, 5) is 3.96. The lowest BCUT2D eigenvalue weighted by molar-refractivity contribution is 1.04. The number of pyridine rings is 1. The molecular weight excluding hydrogens is 162 g/mol. The van der Waals surface area contributed by atoms with Gasteiger partial charge in [-0.3, -0.25) is 0 Å². The predicted octanol–water partition coefficient (Wildman–Crippen LogP) is 1.57. The molecule has 2 N–H and O–H groups in total. The third kappa shape index (κ3) is 1.12. The van der Waals surface area contributed by atoms with Crippen molar-refractivity contribution in [1.29, 1.82) is 0 Å². The molecule has 0 aliphatic carbocycles. The number of halogens is 1. The van der Waals surface area contributed by atoms with Gasteiger partial charge in [0.1, 0.15) is 0 Å². The first-order chi connectivity index (χ1) is 5.38. The summed E-state index contributed by atoms with van der Waals surface area (Å²) >= 11 is 5.83. The van der Waals surface area contributed by atoms with Crippen molar-refractivity contribution < 1.29 is 0 Å². The lowest BCUT2D eigenvalue weighted by Gasteiger charge is -2.19. The quantitative estimate of drug-likeness (QED) is 0.579. The Kier molecular flexibility index (Phi) is 1.58. The molecule has 1 aliphatic rings. The van der Waals surface area contributed by atoms with Gasteiger partial charge in [0.2, 0.25) is 0 Å². The van der Waals surface area contributed by atoms with E-state index in [0.717, 1.165) is 24.5 Å². The number of nitrogens with one attached hydrogen (secondary N) is 2. The van der Waals surface area contributed by atoms with E-state index in [-0.39, 0.29) is 0 Å². The molecule has 11 heavy (non-hydrogen) atoms. The first-order valence-corrected chi connectivity index (χ1v) is 3.88. The first-order valence-electron chi connectivity index (χ1n) is 3.50. The van der Waals surface area contributed by atoms with E-state index in [1.54, 1.807) is 6.20 Å². The Morgan fingerprint density at radius 2 is 2.18 bits per heavy atom. The Bertz CT molecular complexity index is 274. The number of hydrogen-bond acceptors (Lipinski definition) is 3. The Labute approximate surface area is 69.8 Å². The highest BCUT2D eigenvalue weighted by Crippen LogP contribution is 2.29. The molecule has 0 radical (unpaired) electrons. The molecule has 0 aromatic carbocycles. The Morgan fingerprint density at radius 1 is 1.36 bits per heavy atom. The number of fused-ring (bicyclic) bond motifs is 1. The van der Waals surface area contributed by atoms with Crippen LogP contribution in [0, 0.1) is 0 Å². The molecule has 0 bridgehead atoms. The number of aromatic nitrogens is 1. The van der Waals surface area contributed by atoms with Gasteiger partial charge in [0.15, 0.2) is 5.15 Å². The molecule has 1 aliphatic heterocycles. The van der Waals surface area contributed by atoms with Gasteiger partial charge in [0.05, 0.1) is 11.4 Å². The number of anilines is 2. The summed E-state index contributed by atoms with van der Waals surface area (Å²) in [5.41, 5.74) is 1.96. The number of nitrogens with zero attached hydrogens (tertiary/aromatic N) is 1. The van der Waals surface area contributed by atoms with Crippen molar-refractivity contribution in [1.82, 2.24) is 4.98 Å². The molecule has 3 nitrogen and oxygen atoms in total. The monoisotopic (exact) mass is 169 g/mol. The van der Waals surface area contributed by atoms with E-state index in [0.29, 0.717) is 5.15 Å². The highest BCUT2D eigenvalue weighted by atomic mass is 35.5. The zero-order chi connectivity index (χ0) is 7.68. The SMILES string of the molecule is Clc1nccc2c1NCCN2. The molecule has 58 valence electrons. The lowest BCUT2D eigenvalue weighted by Crippen LogP contribution is -2.20. The molecular formula is C7H8ClN3. The molecule has 0 saturated carbocycles. The molecule has 1 aromatic rings. The number of hydrogen-bond donors (Lipinski definition) is 2. The van der Waals surface area contributed by atoms with E-state index in [1.165, 1.54) is 0 Å². The van der Waals surface area contributed by atoms with Crippen molar-refractivity contribution in [3.8, 4) is 0 Å². The molecule has 0 amide bonds. The summed E-state index contributed by atoms with van der Waals surface area (Å²) in [5, 5.41) is 6.93. The van der Waals surface area contributed by atoms with E-state index in [9.17, 15) is 0 Å². The second-order valence-electron chi connectivity index (χ2n) is 2.38. The second-order valence-corrected chi connectivity index (χ2v) is 2.74. The van der Waals surface area contributed by atoms with Gasteiger partial charge < -0.3 is 10.6 Å². The average molecular weight is 170 g/mol. The fraction of sp³-hybridized carbons (Fsp3) is 0.286. The third-order valence-electron chi connectivity index (χ3n) is 1.65. The van der Waals surface area contributed by atoms with Crippen molar-refractivity contribution in [3.63, 3.8) is 0 Å². The fourth-order valence-corrected chi connectivity index (χ4v) is 1.36. The molecule has 2 rings (SSSR count). The van der Waals surface area contributed by atoms with Gasteiger partial charge in [-0.25, -0.2) is 4.98 Å². The van der Waals surface area contributed by atoms with Gasteiger partial charge >= 0.3 is 0 Å². The van der Waals surface area contributed by atoms with E-state index in [4.69, 9.17) is 11.6 Å². The molecule has 0 spiro atoms. The van der Waals surface area contributed by atoms with Crippen LogP contribution in [-0.2, 0) is 0 Å². The summed E-state index contributed by atoms with van der Waals surface area (Å²) in [5.74, 6) is 0. The van der Waals surface area contributed by atoms with Gasteiger partial charge in [-0.2, -0.15) is 0 Å².